The molecule has 0 aliphatic carbocycles. The number of rotatable bonds is 6. The van der Waals surface area contributed by atoms with E-state index in [9.17, 15) is 0 Å². The highest BCUT2D eigenvalue weighted by Crippen LogP contribution is 2.25. The van der Waals surface area contributed by atoms with Crippen LogP contribution in [0.5, 0.6) is 11.5 Å². The first-order chi connectivity index (χ1) is 14.0. The van der Waals surface area contributed by atoms with Crippen molar-refractivity contribution in [2.45, 2.75) is 0 Å². The molecule has 0 spiro atoms. The zero-order valence-corrected chi connectivity index (χ0v) is 17.8. The minimum atomic E-state index is 0.608. The Morgan fingerprint density at radius 3 is 1.59 bits per heavy atom. The summed E-state index contributed by atoms with van der Waals surface area (Å²) < 4.78 is 11.5. The average molecular weight is 452 g/mol. The fourth-order valence-electron chi connectivity index (χ4n) is 2.73. The zero-order chi connectivity index (χ0) is 20.8. The van der Waals surface area contributed by atoms with Gasteiger partial charge in [0.15, 0.2) is 0 Å². The molecule has 2 aromatic carbocycles. The van der Waals surface area contributed by atoms with Crippen molar-refractivity contribution in [1.82, 2.24) is 4.98 Å². The number of nitrogens with zero attached hydrogens (tertiary/aromatic N) is 1. The maximum atomic E-state index is 5.86. The number of anilines is 2. The van der Waals surface area contributed by atoms with Gasteiger partial charge in [-0.05, 0) is 59.7 Å². The molecule has 3 aromatic rings. The summed E-state index contributed by atoms with van der Waals surface area (Å²) in [6.07, 6.45) is 7.82. The molecular weight excluding hydrogens is 430 g/mol. The van der Waals surface area contributed by atoms with Crippen LogP contribution in [0.1, 0.15) is 22.5 Å². The summed E-state index contributed by atoms with van der Waals surface area (Å²) in [6, 6.07) is 15.2. The van der Waals surface area contributed by atoms with Gasteiger partial charge in [0.25, 0.3) is 0 Å². The number of ether oxygens (including phenoxy) is 2. The van der Waals surface area contributed by atoms with Crippen molar-refractivity contribution in [2.24, 2.45) is 0 Å². The number of halogens is 1. The maximum Gasteiger partial charge on any atom is 0.142 e. The van der Waals surface area contributed by atoms with Gasteiger partial charge in [0, 0.05) is 4.47 Å². The van der Waals surface area contributed by atoms with Crippen molar-refractivity contribution < 1.29 is 9.47 Å². The Kier molecular flexibility index (Phi) is 6.57. The molecule has 5 nitrogen and oxygen atoms in total. The van der Waals surface area contributed by atoms with Gasteiger partial charge in [-0.2, -0.15) is 0 Å². The van der Waals surface area contributed by atoms with Gasteiger partial charge in [0.2, 0.25) is 0 Å². The van der Waals surface area contributed by atoms with E-state index < -0.39 is 0 Å². The van der Waals surface area contributed by atoms with Gasteiger partial charge >= 0.3 is 0 Å². The van der Waals surface area contributed by atoms with E-state index in [4.69, 9.17) is 20.9 Å². The van der Waals surface area contributed by atoms with Crippen LogP contribution in [0.15, 0.2) is 53.0 Å². The van der Waals surface area contributed by atoms with E-state index >= 15 is 0 Å². The predicted molar refractivity (Wildman–Crippen MR) is 125 cm³/mol. The van der Waals surface area contributed by atoms with Crippen LogP contribution in [0.25, 0.3) is 24.3 Å². The minimum Gasteiger partial charge on any atom is -0.495 e. The van der Waals surface area contributed by atoms with Crippen molar-refractivity contribution >= 4 is 51.6 Å². The molecular formula is C23H22BrN3O2. The van der Waals surface area contributed by atoms with Gasteiger partial charge in [-0.1, -0.05) is 40.2 Å². The number of hydrogen-bond donors (Lipinski definition) is 2. The molecule has 0 bridgehead atoms. The summed E-state index contributed by atoms with van der Waals surface area (Å²) in [7, 11) is 3.20. The third kappa shape index (κ3) is 5.39. The van der Waals surface area contributed by atoms with Crippen LogP contribution in [0.2, 0.25) is 0 Å². The van der Waals surface area contributed by atoms with E-state index in [1.54, 1.807) is 14.2 Å². The molecule has 4 N–H and O–H groups in total. The zero-order valence-electron chi connectivity index (χ0n) is 16.2. The van der Waals surface area contributed by atoms with Crippen LogP contribution in [-0.4, -0.2) is 19.2 Å². The second kappa shape index (κ2) is 9.30. The lowest BCUT2D eigenvalue weighted by molar-refractivity contribution is 0.417. The molecule has 0 radical (unpaired) electrons. The molecule has 148 valence electrons. The van der Waals surface area contributed by atoms with E-state index in [1.807, 2.05) is 72.8 Å². The first-order valence-electron chi connectivity index (χ1n) is 8.89. The van der Waals surface area contributed by atoms with Crippen molar-refractivity contribution in [1.29, 1.82) is 0 Å². The van der Waals surface area contributed by atoms with Gasteiger partial charge in [0.1, 0.15) is 11.5 Å². The van der Waals surface area contributed by atoms with Gasteiger partial charge in [0.05, 0.1) is 37.0 Å². The van der Waals surface area contributed by atoms with Gasteiger partial charge in [-0.3, -0.25) is 0 Å². The van der Waals surface area contributed by atoms with Gasteiger partial charge < -0.3 is 20.9 Å². The largest absolute Gasteiger partial charge is 0.495 e. The number of nitrogen functional groups attached to an aromatic ring is 2. The van der Waals surface area contributed by atoms with E-state index in [-0.39, 0.29) is 0 Å². The quantitative estimate of drug-likeness (QED) is 0.492. The normalized spacial score (nSPS) is 11.3. The Labute approximate surface area is 178 Å². The molecule has 0 aliphatic heterocycles. The first-order valence-corrected chi connectivity index (χ1v) is 9.68. The summed E-state index contributed by atoms with van der Waals surface area (Å²) in [5.74, 6) is 1.30. The molecule has 0 amide bonds. The van der Waals surface area contributed by atoms with Crippen molar-refractivity contribution in [2.75, 3.05) is 25.7 Å². The predicted octanol–water partition coefficient (Wildman–Crippen LogP) is 5.37. The van der Waals surface area contributed by atoms with Crippen LogP contribution in [0, 0.1) is 0 Å². The average Bonchev–Trinajstić information content (AvgIpc) is 2.72. The first kappa shape index (κ1) is 20.5. The van der Waals surface area contributed by atoms with E-state index in [0.717, 1.165) is 27.0 Å². The molecule has 0 atom stereocenters. The highest BCUT2D eigenvalue weighted by molar-refractivity contribution is 9.10. The third-order valence-corrected chi connectivity index (χ3v) is 4.70. The fourth-order valence-corrected chi connectivity index (χ4v) is 3.20. The van der Waals surface area contributed by atoms with E-state index in [1.165, 1.54) is 0 Å². The summed E-state index contributed by atoms with van der Waals surface area (Å²) in [5, 5.41) is 0. The van der Waals surface area contributed by atoms with E-state index in [0.29, 0.717) is 22.9 Å². The minimum absolute atomic E-state index is 0.608. The molecule has 1 heterocycles. The Hall–Kier alpha value is -3.25. The lowest BCUT2D eigenvalue weighted by Gasteiger charge is -2.05. The monoisotopic (exact) mass is 451 g/mol. The van der Waals surface area contributed by atoms with Crippen molar-refractivity contribution in [3.8, 4) is 11.5 Å². The molecule has 3 rings (SSSR count). The Bertz CT molecular complexity index is 996. The van der Waals surface area contributed by atoms with Crippen LogP contribution in [0.4, 0.5) is 11.4 Å². The Morgan fingerprint density at radius 1 is 0.724 bits per heavy atom. The number of aromatic nitrogens is 1. The third-order valence-electron chi connectivity index (χ3n) is 4.24. The molecule has 1 aromatic heterocycles. The number of pyridine rings is 1. The number of methoxy groups -OCH3 is 2. The van der Waals surface area contributed by atoms with Crippen LogP contribution >= 0.6 is 15.9 Å². The summed E-state index contributed by atoms with van der Waals surface area (Å²) in [5.41, 5.74) is 16.5. The molecule has 0 saturated heterocycles. The van der Waals surface area contributed by atoms with E-state index in [2.05, 4.69) is 20.9 Å². The lowest BCUT2D eigenvalue weighted by Crippen LogP contribution is -1.92. The topological polar surface area (TPSA) is 83.4 Å². The Balaban J connectivity index is 1.83. The van der Waals surface area contributed by atoms with Crippen LogP contribution in [0.3, 0.4) is 0 Å². The van der Waals surface area contributed by atoms with Gasteiger partial charge in [-0.25, -0.2) is 4.98 Å². The highest BCUT2D eigenvalue weighted by Gasteiger charge is 2.02. The summed E-state index contributed by atoms with van der Waals surface area (Å²) >= 11 is 3.55. The fraction of sp³-hybridized carbons (Fsp3) is 0.0870. The molecule has 6 heteroatoms. The molecule has 0 fully saturated rings. The SMILES string of the molecule is COc1cc(/C=C/c2cc(Br)cc(/C=C/c3ccc(N)c(OC)c3)n2)ccc1N. The standard InChI is InChI=1S/C23H22BrN3O2/c1-28-22-11-15(5-9-20(22)25)3-7-18-13-17(24)14-19(27-18)8-4-16-6-10-21(26)23(12-16)29-2/h3-14H,25-26H2,1-2H3/b7-3+,8-4+. The van der Waals surface area contributed by atoms with Crippen LogP contribution < -0.4 is 20.9 Å². The molecule has 29 heavy (non-hydrogen) atoms. The van der Waals surface area contributed by atoms with Crippen molar-refractivity contribution in [3.05, 3.63) is 75.5 Å². The Morgan fingerprint density at radius 2 is 1.17 bits per heavy atom. The lowest BCUT2D eigenvalue weighted by atomic mass is 10.1. The number of hydrogen-bond acceptors (Lipinski definition) is 5. The summed E-state index contributed by atoms with van der Waals surface area (Å²) in [6.45, 7) is 0. The smallest absolute Gasteiger partial charge is 0.142 e. The summed E-state index contributed by atoms with van der Waals surface area (Å²) in [4.78, 5) is 4.67. The van der Waals surface area contributed by atoms with Crippen LogP contribution in [-0.2, 0) is 0 Å². The van der Waals surface area contributed by atoms with Crippen molar-refractivity contribution in [3.63, 3.8) is 0 Å². The second-order valence-corrected chi connectivity index (χ2v) is 7.22. The molecule has 0 saturated carbocycles. The number of benzene rings is 2. The number of nitrogens with two attached hydrogens (primary N) is 2. The second-order valence-electron chi connectivity index (χ2n) is 6.30. The molecule has 0 aliphatic rings. The maximum absolute atomic E-state index is 5.86. The highest BCUT2D eigenvalue weighted by atomic mass is 79.9. The van der Waals surface area contributed by atoms with Gasteiger partial charge in [-0.15, -0.1) is 0 Å². The molecule has 0 unspecified atom stereocenters.